The molecule has 74 valence electrons. The van der Waals surface area contributed by atoms with E-state index in [1.807, 2.05) is 0 Å². The van der Waals surface area contributed by atoms with Crippen LogP contribution < -0.4 is 0 Å². The molecule has 0 rings (SSSR count). The van der Waals surface area contributed by atoms with Crippen molar-refractivity contribution in [2.45, 2.75) is 13.8 Å². The summed E-state index contributed by atoms with van der Waals surface area (Å²) >= 11 is 0. The Balaban J connectivity index is 4.59. The lowest BCUT2D eigenvalue weighted by Gasteiger charge is -2.17. The summed E-state index contributed by atoms with van der Waals surface area (Å²) in [5.41, 5.74) is 0. The predicted octanol–water partition coefficient (Wildman–Crippen LogP) is 0.291. The largest absolute Gasteiger partial charge is 0.283 e. The van der Waals surface area contributed by atoms with Gasteiger partial charge in [0, 0.05) is 7.05 Å². The van der Waals surface area contributed by atoms with E-state index in [1.54, 1.807) is 12.1 Å². The lowest BCUT2D eigenvalue weighted by molar-refractivity contribution is -0.145. The second kappa shape index (κ2) is 4.98. The van der Waals surface area contributed by atoms with Gasteiger partial charge in [-0.15, -0.1) is 0 Å². The highest BCUT2D eigenvalue weighted by atomic mass is 16.2. The van der Waals surface area contributed by atoms with Gasteiger partial charge in [-0.3, -0.25) is 14.5 Å². The Bertz CT molecular complexity index is 292. The van der Waals surface area contributed by atoms with Crippen molar-refractivity contribution in [1.29, 1.82) is 10.5 Å². The fourth-order valence-corrected chi connectivity index (χ4v) is 0.800. The minimum Gasteiger partial charge on any atom is -0.283 e. The summed E-state index contributed by atoms with van der Waals surface area (Å²) in [4.78, 5) is 23.4. The molecule has 0 aromatic heterocycles. The maximum Gasteiger partial charge on any atom is 0.245 e. The van der Waals surface area contributed by atoms with Crippen LogP contribution in [0.4, 0.5) is 0 Å². The van der Waals surface area contributed by atoms with E-state index in [2.05, 4.69) is 0 Å². The Labute approximate surface area is 82.5 Å². The summed E-state index contributed by atoms with van der Waals surface area (Å²) < 4.78 is 0. The number of nitrogens with zero attached hydrogens (tertiary/aromatic N) is 3. The number of hydrogen-bond donors (Lipinski definition) is 0. The number of rotatable bonds is 2. The number of carbonyl (C=O) groups is 2. The van der Waals surface area contributed by atoms with Gasteiger partial charge in [0.1, 0.15) is 11.8 Å². The van der Waals surface area contributed by atoms with Gasteiger partial charge in [0.25, 0.3) is 0 Å². The van der Waals surface area contributed by atoms with Gasteiger partial charge in [0.05, 0.1) is 12.1 Å². The molecule has 2 unspecified atom stereocenters. The van der Waals surface area contributed by atoms with Crippen molar-refractivity contribution in [2.75, 3.05) is 7.05 Å². The molecule has 5 heteroatoms. The van der Waals surface area contributed by atoms with Crippen LogP contribution in [0.3, 0.4) is 0 Å². The van der Waals surface area contributed by atoms with E-state index in [0.29, 0.717) is 0 Å². The van der Waals surface area contributed by atoms with Crippen LogP contribution in [0.1, 0.15) is 13.8 Å². The van der Waals surface area contributed by atoms with Crippen molar-refractivity contribution in [3.8, 4) is 12.1 Å². The third kappa shape index (κ3) is 2.56. The molecule has 0 aromatic carbocycles. The molecule has 2 amide bonds. The van der Waals surface area contributed by atoms with Gasteiger partial charge in [0.15, 0.2) is 0 Å². The smallest absolute Gasteiger partial charge is 0.245 e. The van der Waals surface area contributed by atoms with Gasteiger partial charge < -0.3 is 0 Å². The Kier molecular flexibility index (Phi) is 4.31. The molecule has 0 fully saturated rings. The Hall–Kier alpha value is -1.88. The van der Waals surface area contributed by atoms with E-state index >= 15 is 0 Å². The molecule has 0 aliphatic carbocycles. The van der Waals surface area contributed by atoms with Crippen LogP contribution in [0.15, 0.2) is 0 Å². The van der Waals surface area contributed by atoms with Crippen molar-refractivity contribution in [3.05, 3.63) is 0 Å². The summed E-state index contributed by atoms with van der Waals surface area (Å²) in [5.74, 6) is -2.90. The molecular formula is C9H11N3O2. The fraction of sp³-hybridized carbons (Fsp3) is 0.556. The normalized spacial score (nSPS) is 13.2. The van der Waals surface area contributed by atoms with Crippen LogP contribution in [0.5, 0.6) is 0 Å². The van der Waals surface area contributed by atoms with Crippen molar-refractivity contribution in [3.63, 3.8) is 0 Å². The van der Waals surface area contributed by atoms with Crippen LogP contribution in [-0.2, 0) is 9.59 Å². The molecule has 0 spiro atoms. The second-order valence-corrected chi connectivity index (χ2v) is 2.94. The quantitative estimate of drug-likeness (QED) is 0.630. The molecule has 5 nitrogen and oxygen atoms in total. The highest BCUT2D eigenvalue weighted by Gasteiger charge is 2.25. The SMILES string of the molecule is CC(C#N)C(=O)N(C)C(=O)C(C)C#N. The monoisotopic (exact) mass is 193 g/mol. The predicted molar refractivity (Wildman–Crippen MR) is 47.3 cm³/mol. The molecule has 0 aliphatic heterocycles. The lowest BCUT2D eigenvalue weighted by atomic mass is 10.1. The molecule has 0 saturated heterocycles. The third-order valence-corrected chi connectivity index (χ3v) is 1.79. The summed E-state index contributed by atoms with van der Waals surface area (Å²) in [6.45, 7) is 2.81. The van der Waals surface area contributed by atoms with Crippen molar-refractivity contribution in [1.82, 2.24) is 4.90 Å². The maximum atomic E-state index is 11.3. The fourth-order valence-electron chi connectivity index (χ4n) is 0.800. The number of imide groups is 1. The standard InChI is InChI=1S/C9H11N3O2/c1-6(4-10)8(13)12(3)9(14)7(2)5-11/h6-7H,1-3H3. The topological polar surface area (TPSA) is 85.0 Å². The van der Waals surface area contributed by atoms with E-state index in [0.717, 1.165) is 4.90 Å². The molecule has 2 atom stereocenters. The maximum absolute atomic E-state index is 11.3. The molecule has 0 aromatic rings. The Morgan fingerprint density at radius 3 is 1.57 bits per heavy atom. The first-order chi connectivity index (χ1) is 6.45. The van der Waals surface area contributed by atoms with E-state index in [-0.39, 0.29) is 0 Å². The zero-order valence-electron chi connectivity index (χ0n) is 8.31. The molecule has 0 radical (unpaired) electrons. The van der Waals surface area contributed by atoms with Crippen LogP contribution >= 0.6 is 0 Å². The first-order valence-corrected chi connectivity index (χ1v) is 4.06. The molecule has 0 N–H and O–H groups in total. The lowest BCUT2D eigenvalue weighted by Crippen LogP contribution is -2.39. The van der Waals surface area contributed by atoms with Gasteiger partial charge in [-0.25, -0.2) is 0 Å². The van der Waals surface area contributed by atoms with Gasteiger partial charge in [-0.05, 0) is 13.8 Å². The molecule has 0 saturated carbocycles. The number of nitriles is 2. The van der Waals surface area contributed by atoms with E-state index in [1.165, 1.54) is 20.9 Å². The van der Waals surface area contributed by atoms with Gasteiger partial charge in [0.2, 0.25) is 11.8 Å². The molecule has 0 heterocycles. The molecule has 0 bridgehead atoms. The van der Waals surface area contributed by atoms with Gasteiger partial charge in [-0.2, -0.15) is 10.5 Å². The Morgan fingerprint density at radius 1 is 1.07 bits per heavy atom. The minimum atomic E-state index is -0.866. The van der Waals surface area contributed by atoms with Gasteiger partial charge in [-0.1, -0.05) is 0 Å². The van der Waals surface area contributed by atoms with E-state index < -0.39 is 23.7 Å². The highest BCUT2D eigenvalue weighted by Crippen LogP contribution is 2.04. The molecular weight excluding hydrogens is 182 g/mol. The summed E-state index contributed by atoms with van der Waals surface area (Å²) in [6.07, 6.45) is 0. The average Bonchev–Trinajstić information content (AvgIpc) is 2.23. The summed E-state index contributed by atoms with van der Waals surface area (Å²) in [6, 6.07) is 3.46. The van der Waals surface area contributed by atoms with Crippen LogP contribution in [0.2, 0.25) is 0 Å². The zero-order chi connectivity index (χ0) is 11.3. The average molecular weight is 193 g/mol. The van der Waals surface area contributed by atoms with E-state index in [9.17, 15) is 9.59 Å². The number of carbonyl (C=O) groups excluding carboxylic acids is 2. The van der Waals surface area contributed by atoms with Crippen molar-refractivity contribution in [2.24, 2.45) is 11.8 Å². The highest BCUT2D eigenvalue weighted by molar-refractivity contribution is 5.98. The summed E-state index contributed by atoms with van der Waals surface area (Å²) in [7, 11) is 1.27. The number of hydrogen-bond acceptors (Lipinski definition) is 4. The molecule has 14 heavy (non-hydrogen) atoms. The molecule has 0 aliphatic rings. The van der Waals surface area contributed by atoms with Gasteiger partial charge >= 0.3 is 0 Å². The van der Waals surface area contributed by atoms with Crippen LogP contribution in [0, 0.1) is 34.5 Å². The first-order valence-electron chi connectivity index (χ1n) is 4.06. The van der Waals surface area contributed by atoms with Crippen molar-refractivity contribution < 1.29 is 9.59 Å². The zero-order valence-corrected chi connectivity index (χ0v) is 8.31. The van der Waals surface area contributed by atoms with Crippen molar-refractivity contribution >= 4 is 11.8 Å². The third-order valence-electron chi connectivity index (χ3n) is 1.79. The van der Waals surface area contributed by atoms with E-state index in [4.69, 9.17) is 10.5 Å². The van der Waals surface area contributed by atoms with Crippen LogP contribution in [0.25, 0.3) is 0 Å². The van der Waals surface area contributed by atoms with Crippen LogP contribution in [-0.4, -0.2) is 23.8 Å². The Morgan fingerprint density at radius 2 is 1.36 bits per heavy atom. The number of amides is 2. The first kappa shape index (κ1) is 12.1. The minimum absolute atomic E-state index is 0.584. The summed E-state index contributed by atoms with van der Waals surface area (Å²) in [5, 5.41) is 16.9. The second-order valence-electron chi connectivity index (χ2n) is 2.94.